The van der Waals surface area contributed by atoms with Gasteiger partial charge in [-0.15, -0.1) is 0 Å². The second kappa shape index (κ2) is 5.71. The van der Waals surface area contributed by atoms with E-state index in [1.807, 2.05) is 24.3 Å². The molecular weight excluding hydrogens is 312 g/mol. The van der Waals surface area contributed by atoms with Gasteiger partial charge in [0.15, 0.2) is 0 Å². The minimum absolute atomic E-state index is 0.0845. The Hall–Kier alpha value is -1.40. The zero-order valence-electron chi connectivity index (χ0n) is 10.3. The van der Waals surface area contributed by atoms with E-state index in [9.17, 15) is 9.59 Å². The number of aliphatic carboxylic acids is 1. The number of carboxylic acids is 1. The molecule has 0 spiro atoms. The maximum atomic E-state index is 11.9. The first-order valence-corrected chi connectivity index (χ1v) is 6.79. The average Bonchev–Trinajstić information content (AvgIpc) is 2.65. The van der Waals surface area contributed by atoms with E-state index in [1.165, 1.54) is 0 Å². The molecule has 0 aliphatic carbocycles. The minimum atomic E-state index is -0.932. The van der Waals surface area contributed by atoms with Gasteiger partial charge < -0.3 is 15.7 Å². The minimum Gasteiger partial charge on any atom is -0.481 e. The van der Waals surface area contributed by atoms with Crippen molar-refractivity contribution in [1.82, 2.24) is 4.90 Å². The maximum Gasteiger partial charge on any atom is 0.305 e. The molecule has 2 atom stereocenters. The summed E-state index contributed by atoms with van der Waals surface area (Å²) in [5.74, 6) is -1.02. The first-order valence-electron chi connectivity index (χ1n) is 5.99. The van der Waals surface area contributed by atoms with E-state index in [0.717, 1.165) is 10.0 Å². The number of carbonyl (C=O) groups is 2. The molecule has 0 radical (unpaired) electrons. The number of nitrogens with two attached hydrogens (primary N) is 1. The summed E-state index contributed by atoms with van der Waals surface area (Å²) in [5.41, 5.74) is 6.58. The summed E-state index contributed by atoms with van der Waals surface area (Å²) < 4.78 is 0.858. The van der Waals surface area contributed by atoms with E-state index in [0.29, 0.717) is 6.54 Å². The standard InChI is InChI=1S/C13H15BrN2O3/c14-9-3-1-2-8(4-9)11(6-13(18)19)16-7-10(15)5-12(16)17/h1-4,10-11H,5-7,15H2,(H,18,19). The van der Waals surface area contributed by atoms with Crippen molar-refractivity contribution in [3.8, 4) is 0 Å². The normalized spacial score (nSPS) is 20.6. The molecule has 2 unspecified atom stereocenters. The molecule has 1 fully saturated rings. The van der Waals surface area contributed by atoms with Gasteiger partial charge in [0.25, 0.3) is 0 Å². The van der Waals surface area contributed by atoms with Crippen LogP contribution in [-0.4, -0.2) is 34.5 Å². The largest absolute Gasteiger partial charge is 0.481 e. The second-order valence-corrected chi connectivity index (χ2v) is 5.59. The molecule has 1 heterocycles. The maximum absolute atomic E-state index is 11.9. The van der Waals surface area contributed by atoms with Crippen molar-refractivity contribution < 1.29 is 14.7 Å². The van der Waals surface area contributed by atoms with Crippen molar-refractivity contribution in [2.24, 2.45) is 5.73 Å². The van der Waals surface area contributed by atoms with Gasteiger partial charge in [-0.1, -0.05) is 28.1 Å². The molecule has 6 heteroatoms. The smallest absolute Gasteiger partial charge is 0.305 e. The third kappa shape index (κ3) is 3.33. The van der Waals surface area contributed by atoms with Gasteiger partial charge in [-0.25, -0.2) is 0 Å². The highest BCUT2D eigenvalue weighted by Gasteiger charge is 2.34. The monoisotopic (exact) mass is 326 g/mol. The topological polar surface area (TPSA) is 83.6 Å². The van der Waals surface area contributed by atoms with Crippen molar-refractivity contribution in [1.29, 1.82) is 0 Å². The van der Waals surface area contributed by atoms with Crippen LogP contribution in [0.2, 0.25) is 0 Å². The van der Waals surface area contributed by atoms with Crippen molar-refractivity contribution in [3.05, 3.63) is 34.3 Å². The molecule has 19 heavy (non-hydrogen) atoms. The Morgan fingerprint density at radius 3 is 2.84 bits per heavy atom. The molecule has 0 bridgehead atoms. The van der Waals surface area contributed by atoms with Crippen LogP contribution in [0.3, 0.4) is 0 Å². The fraction of sp³-hybridized carbons (Fsp3) is 0.385. The molecule has 1 aliphatic heterocycles. The van der Waals surface area contributed by atoms with Gasteiger partial charge in [-0.2, -0.15) is 0 Å². The lowest BCUT2D eigenvalue weighted by atomic mass is 10.0. The lowest BCUT2D eigenvalue weighted by Gasteiger charge is -2.27. The number of hydrogen-bond donors (Lipinski definition) is 2. The van der Waals surface area contributed by atoms with Gasteiger partial charge >= 0.3 is 5.97 Å². The molecular formula is C13H15BrN2O3. The third-order valence-corrected chi connectivity index (χ3v) is 3.66. The lowest BCUT2D eigenvalue weighted by Crippen LogP contribution is -2.33. The van der Waals surface area contributed by atoms with Gasteiger partial charge in [0, 0.05) is 23.5 Å². The van der Waals surface area contributed by atoms with Crippen LogP contribution in [0.25, 0.3) is 0 Å². The Balaban J connectivity index is 2.30. The fourth-order valence-electron chi connectivity index (χ4n) is 2.35. The van der Waals surface area contributed by atoms with E-state index in [2.05, 4.69) is 15.9 Å². The van der Waals surface area contributed by atoms with Crippen LogP contribution in [-0.2, 0) is 9.59 Å². The zero-order chi connectivity index (χ0) is 14.0. The summed E-state index contributed by atoms with van der Waals surface area (Å²) in [6.45, 7) is 0.406. The Bertz CT molecular complexity index is 506. The first kappa shape index (κ1) is 14.0. The highest BCUT2D eigenvalue weighted by Crippen LogP contribution is 2.30. The van der Waals surface area contributed by atoms with Gasteiger partial charge in [-0.3, -0.25) is 9.59 Å². The SMILES string of the molecule is NC1CC(=O)N(C(CC(=O)O)c2cccc(Br)c2)C1. The first-order chi connectivity index (χ1) is 8.97. The van der Waals surface area contributed by atoms with E-state index in [4.69, 9.17) is 10.8 Å². The number of amides is 1. The lowest BCUT2D eigenvalue weighted by molar-refractivity contribution is -0.139. The number of halogens is 1. The van der Waals surface area contributed by atoms with Crippen LogP contribution in [0, 0.1) is 0 Å². The molecule has 1 aliphatic rings. The van der Waals surface area contributed by atoms with Crippen LogP contribution in [0.5, 0.6) is 0 Å². The number of hydrogen-bond acceptors (Lipinski definition) is 3. The predicted molar refractivity (Wildman–Crippen MR) is 73.4 cm³/mol. The molecule has 0 saturated carbocycles. The number of rotatable bonds is 4. The summed E-state index contributed by atoms with van der Waals surface area (Å²) >= 11 is 3.36. The van der Waals surface area contributed by atoms with Crippen LogP contribution in [0.1, 0.15) is 24.4 Å². The molecule has 102 valence electrons. The van der Waals surface area contributed by atoms with Gasteiger partial charge in [0.1, 0.15) is 0 Å². The highest BCUT2D eigenvalue weighted by atomic mass is 79.9. The Morgan fingerprint density at radius 2 is 2.32 bits per heavy atom. The van der Waals surface area contributed by atoms with Gasteiger partial charge in [0.2, 0.25) is 5.91 Å². The summed E-state index contributed by atoms with van der Waals surface area (Å²) in [7, 11) is 0. The molecule has 1 aromatic rings. The summed E-state index contributed by atoms with van der Waals surface area (Å²) in [5, 5.41) is 9.05. The molecule has 1 aromatic carbocycles. The van der Waals surface area contributed by atoms with E-state index in [-0.39, 0.29) is 24.8 Å². The van der Waals surface area contributed by atoms with Crippen LogP contribution in [0.15, 0.2) is 28.7 Å². The fourth-order valence-corrected chi connectivity index (χ4v) is 2.77. The highest BCUT2D eigenvalue weighted by molar-refractivity contribution is 9.10. The van der Waals surface area contributed by atoms with Crippen molar-refractivity contribution in [2.75, 3.05) is 6.54 Å². The molecule has 1 saturated heterocycles. The number of carboxylic acid groups (broad SMARTS) is 1. The quantitative estimate of drug-likeness (QED) is 0.878. The Labute approximate surface area is 119 Å². The number of nitrogens with zero attached hydrogens (tertiary/aromatic N) is 1. The summed E-state index contributed by atoms with van der Waals surface area (Å²) in [6.07, 6.45) is 0.166. The number of carbonyl (C=O) groups excluding carboxylic acids is 1. The van der Waals surface area contributed by atoms with Crippen LogP contribution < -0.4 is 5.73 Å². The molecule has 2 rings (SSSR count). The Morgan fingerprint density at radius 1 is 1.58 bits per heavy atom. The average molecular weight is 327 g/mol. The Kier molecular flexibility index (Phi) is 4.21. The third-order valence-electron chi connectivity index (χ3n) is 3.17. The van der Waals surface area contributed by atoms with Crippen molar-refractivity contribution in [3.63, 3.8) is 0 Å². The van der Waals surface area contributed by atoms with Gasteiger partial charge in [-0.05, 0) is 17.7 Å². The molecule has 0 aromatic heterocycles. The zero-order valence-corrected chi connectivity index (χ0v) is 11.8. The van der Waals surface area contributed by atoms with Gasteiger partial charge in [0.05, 0.1) is 12.5 Å². The van der Waals surface area contributed by atoms with Crippen molar-refractivity contribution in [2.45, 2.75) is 24.9 Å². The van der Waals surface area contributed by atoms with Crippen LogP contribution in [0.4, 0.5) is 0 Å². The van der Waals surface area contributed by atoms with E-state index < -0.39 is 12.0 Å². The molecule has 5 nitrogen and oxygen atoms in total. The predicted octanol–water partition coefficient (Wildman–Crippen LogP) is 1.52. The number of benzene rings is 1. The second-order valence-electron chi connectivity index (χ2n) is 4.68. The van der Waals surface area contributed by atoms with E-state index in [1.54, 1.807) is 4.90 Å². The van der Waals surface area contributed by atoms with E-state index >= 15 is 0 Å². The molecule has 3 N–H and O–H groups in total. The molecule has 1 amide bonds. The number of likely N-dealkylation sites (tertiary alicyclic amines) is 1. The summed E-state index contributed by atoms with van der Waals surface area (Å²) in [6, 6.07) is 6.68. The van der Waals surface area contributed by atoms with Crippen LogP contribution >= 0.6 is 15.9 Å². The van der Waals surface area contributed by atoms with Crippen molar-refractivity contribution >= 4 is 27.8 Å². The summed E-state index contributed by atoms with van der Waals surface area (Å²) in [4.78, 5) is 24.5.